The summed E-state index contributed by atoms with van der Waals surface area (Å²) in [5.41, 5.74) is 1.96. The zero-order chi connectivity index (χ0) is 16.6. The molecule has 0 bridgehead atoms. The number of rotatable bonds is 4. The molecule has 8 heteroatoms. The molecule has 0 atom stereocenters. The topological polar surface area (TPSA) is 72.7 Å². The Kier molecular flexibility index (Phi) is 3.96. The average molecular weight is 348 g/mol. The summed E-state index contributed by atoms with van der Waals surface area (Å²) in [6, 6.07) is 7.37. The van der Waals surface area contributed by atoms with Crippen LogP contribution in [0.3, 0.4) is 0 Å². The summed E-state index contributed by atoms with van der Waals surface area (Å²) in [5.74, 6) is 0.504. The molecule has 0 unspecified atom stereocenters. The Bertz CT molecular complexity index is 929. The third-order valence-corrected chi connectivity index (χ3v) is 5.05. The van der Waals surface area contributed by atoms with Gasteiger partial charge >= 0.3 is 0 Å². The fourth-order valence-electron chi connectivity index (χ4n) is 2.15. The number of hydrogen-bond acceptors (Lipinski definition) is 5. The second-order valence-electron chi connectivity index (χ2n) is 5.37. The predicted octanol–water partition coefficient (Wildman–Crippen LogP) is 3.57. The Morgan fingerprint density at radius 3 is 2.57 bits per heavy atom. The van der Waals surface area contributed by atoms with Crippen LogP contribution in [0, 0.1) is 0 Å². The third kappa shape index (κ3) is 3.14. The lowest BCUT2D eigenvalue weighted by Crippen LogP contribution is -2.03. The molecule has 6 nitrogen and oxygen atoms in total. The van der Waals surface area contributed by atoms with Crippen LogP contribution in [0.4, 0.5) is 11.5 Å². The molecule has 0 saturated heterocycles. The van der Waals surface area contributed by atoms with Gasteiger partial charge in [-0.1, -0.05) is 6.58 Å². The summed E-state index contributed by atoms with van der Waals surface area (Å²) >= 11 is 5.99. The minimum absolute atomic E-state index is 0.117. The van der Waals surface area contributed by atoms with E-state index in [1.165, 1.54) is 0 Å². The van der Waals surface area contributed by atoms with Crippen molar-refractivity contribution in [2.24, 2.45) is 0 Å². The molecule has 0 aliphatic rings. The molecular formula is C15H15ClN5OP. The highest BCUT2D eigenvalue weighted by Crippen LogP contribution is 2.35. The number of anilines is 2. The van der Waals surface area contributed by atoms with Gasteiger partial charge in [0.1, 0.15) is 13.5 Å². The number of hydrogen-bond donors (Lipinski definition) is 1. The van der Waals surface area contributed by atoms with Gasteiger partial charge in [-0.05, 0) is 49.2 Å². The molecule has 0 aliphatic carbocycles. The Morgan fingerprint density at radius 2 is 1.96 bits per heavy atom. The summed E-state index contributed by atoms with van der Waals surface area (Å²) in [7, 11) is -2.27. The molecule has 2 aromatic heterocycles. The molecule has 0 fully saturated rings. The molecule has 2 heterocycles. The maximum absolute atomic E-state index is 12.1. The number of aromatic nitrogens is 4. The standard InChI is InChI=1S/C15H15ClN5OP/c1-4-21-9-17-12-13(19-15(16)20-14(12)21)18-10-5-7-11(8-6-10)23(2,3)22/h4-9H,1H2,2-3H3,(H,18,19,20). The molecule has 0 spiro atoms. The van der Waals surface area contributed by atoms with Gasteiger partial charge in [0.15, 0.2) is 17.0 Å². The van der Waals surface area contributed by atoms with E-state index in [0.717, 1.165) is 11.0 Å². The van der Waals surface area contributed by atoms with Crippen molar-refractivity contribution in [3.8, 4) is 0 Å². The van der Waals surface area contributed by atoms with Gasteiger partial charge in [0, 0.05) is 17.2 Å². The second kappa shape index (κ2) is 5.80. The lowest BCUT2D eigenvalue weighted by atomic mass is 10.3. The molecule has 118 valence electrons. The SMILES string of the molecule is C=Cn1cnc2c(Nc3ccc(P(C)(C)=O)cc3)nc(Cl)nc21. The number of imidazole rings is 1. The van der Waals surface area contributed by atoms with Crippen molar-refractivity contribution in [2.75, 3.05) is 18.6 Å². The highest BCUT2D eigenvalue weighted by atomic mass is 35.5. The van der Waals surface area contributed by atoms with E-state index in [2.05, 4.69) is 26.8 Å². The largest absolute Gasteiger partial charge is 0.338 e. The average Bonchev–Trinajstić information content (AvgIpc) is 2.89. The minimum atomic E-state index is -2.27. The predicted molar refractivity (Wildman–Crippen MR) is 95.5 cm³/mol. The Hall–Kier alpha value is -2.17. The molecule has 0 amide bonds. The van der Waals surface area contributed by atoms with Crippen LogP contribution in [0.5, 0.6) is 0 Å². The van der Waals surface area contributed by atoms with E-state index >= 15 is 0 Å². The number of fused-ring (bicyclic) bond motifs is 1. The van der Waals surface area contributed by atoms with E-state index in [1.807, 2.05) is 24.3 Å². The highest BCUT2D eigenvalue weighted by molar-refractivity contribution is 7.70. The van der Waals surface area contributed by atoms with Crippen LogP contribution in [-0.4, -0.2) is 32.8 Å². The van der Waals surface area contributed by atoms with E-state index in [9.17, 15) is 4.57 Å². The summed E-state index contributed by atoms with van der Waals surface area (Å²) in [6.07, 6.45) is 3.19. The Morgan fingerprint density at radius 1 is 1.26 bits per heavy atom. The van der Waals surface area contributed by atoms with E-state index in [4.69, 9.17) is 11.6 Å². The third-order valence-electron chi connectivity index (χ3n) is 3.34. The summed E-state index contributed by atoms with van der Waals surface area (Å²) < 4.78 is 13.7. The fourth-order valence-corrected chi connectivity index (χ4v) is 3.18. The molecule has 1 N–H and O–H groups in total. The Labute approximate surface area is 138 Å². The molecule has 0 aliphatic heterocycles. The van der Waals surface area contributed by atoms with E-state index < -0.39 is 7.14 Å². The number of halogens is 1. The van der Waals surface area contributed by atoms with Gasteiger partial charge < -0.3 is 9.88 Å². The van der Waals surface area contributed by atoms with Crippen molar-refractivity contribution in [3.63, 3.8) is 0 Å². The number of nitrogens with one attached hydrogen (secondary N) is 1. The van der Waals surface area contributed by atoms with E-state index in [0.29, 0.717) is 17.0 Å². The molecule has 1 aromatic carbocycles. The smallest absolute Gasteiger partial charge is 0.226 e. The lowest BCUT2D eigenvalue weighted by molar-refractivity contribution is 0.588. The highest BCUT2D eigenvalue weighted by Gasteiger charge is 2.13. The zero-order valence-electron chi connectivity index (χ0n) is 12.7. The Balaban J connectivity index is 2.00. The van der Waals surface area contributed by atoms with Crippen molar-refractivity contribution in [1.29, 1.82) is 0 Å². The van der Waals surface area contributed by atoms with Gasteiger partial charge in [-0.25, -0.2) is 4.98 Å². The van der Waals surface area contributed by atoms with E-state index in [1.54, 1.807) is 30.4 Å². The lowest BCUT2D eigenvalue weighted by Gasteiger charge is -2.10. The van der Waals surface area contributed by atoms with Crippen LogP contribution in [-0.2, 0) is 4.57 Å². The fraction of sp³-hybridized carbons (Fsp3) is 0.133. The van der Waals surface area contributed by atoms with Crippen molar-refractivity contribution in [3.05, 3.63) is 42.5 Å². The molecular weight excluding hydrogens is 333 g/mol. The van der Waals surface area contributed by atoms with Gasteiger partial charge in [0.05, 0.1) is 0 Å². The van der Waals surface area contributed by atoms with Crippen molar-refractivity contribution >= 4 is 52.9 Å². The summed E-state index contributed by atoms with van der Waals surface area (Å²) in [4.78, 5) is 12.6. The van der Waals surface area contributed by atoms with Gasteiger partial charge in [0.2, 0.25) is 5.28 Å². The van der Waals surface area contributed by atoms with Crippen molar-refractivity contribution < 1.29 is 4.57 Å². The first-order valence-corrected chi connectivity index (χ1v) is 9.81. The monoisotopic (exact) mass is 347 g/mol. The van der Waals surface area contributed by atoms with Gasteiger partial charge in [-0.2, -0.15) is 9.97 Å². The van der Waals surface area contributed by atoms with Crippen LogP contribution in [0.2, 0.25) is 5.28 Å². The first-order chi connectivity index (χ1) is 10.9. The quantitative estimate of drug-likeness (QED) is 0.577. The maximum Gasteiger partial charge on any atom is 0.226 e. The first kappa shape index (κ1) is 15.7. The normalized spacial score (nSPS) is 11.6. The first-order valence-electron chi connectivity index (χ1n) is 6.84. The van der Waals surface area contributed by atoms with Crippen LogP contribution in [0.25, 0.3) is 17.4 Å². The summed E-state index contributed by atoms with van der Waals surface area (Å²) in [5, 5.41) is 4.11. The second-order valence-corrected chi connectivity index (χ2v) is 8.93. The van der Waals surface area contributed by atoms with Crippen LogP contribution in [0.1, 0.15) is 0 Å². The maximum atomic E-state index is 12.1. The van der Waals surface area contributed by atoms with Crippen molar-refractivity contribution in [1.82, 2.24) is 19.5 Å². The number of nitrogens with zero attached hydrogens (tertiary/aromatic N) is 4. The molecule has 3 aromatic rings. The van der Waals surface area contributed by atoms with Gasteiger partial charge in [-0.15, -0.1) is 0 Å². The molecule has 0 saturated carbocycles. The van der Waals surface area contributed by atoms with Crippen LogP contribution >= 0.6 is 18.7 Å². The number of benzene rings is 1. The minimum Gasteiger partial charge on any atom is -0.338 e. The van der Waals surface area contributed by atoms with Crippen molar-refractivity contribution in [2.45, 2.75) is 0 Å². The van der Waals surface area contributed by atoms with Gasteiger partial charge in [-0.3, -0.25) is 4.57 Å². The summed E-state index contributed by atoms with van der Waals surface area (Å²) in [6.45, 7) is 7.18. The molecule has 3 rings (SSSR count). The van der Waals surface area contributed by atoms with Gasteiger partial charge in [0.25, 0.3) is 0 Å². The van der Waals surface area contributed by atoms with Crippen LogP contribution < -0.4 is 10.6 Å². The van der Waals surface area contributed by atoms with E-state index in [-0.39, 0.29) is 5.28 Å². The molecule has 0 radical (unpaired) electrons. The zero-order valence-corrected chi connectivity index (χ0v) is 14.3. The molecule has 23 heavy (non-hydrogen) atoms. The van der Waals surface area contributed by atoms with Crippen LogP contribution in [0.15, 0.2) is 37.2 Å².